The van der Waals surface area contributed by atoms with Crippen molar-refractivity contribution in [3.05, 3.63) is 28.8 Å². The van der Waals surface area contributed by atoms with Crippen LogP contribution in [0.2, 0.25) is 5.02 Å². The molecule has 0 aliphatic heterocycles. The lowest BCUT2D eigenvalue weighted by molar-refractivity contribution is -0.115. The third-order valence-corrected chi connectivity index (χ3v) is 3.12. The molecule has 0 aromatic heterocycles. The first kappa shape index (κ1) is 17.0. The van der Waals surface area contributed by atoms with Crippen molar-refractivity contribution in [1.29, 1.82) is 0 Å². The van der Waals surface area contributed by atoms with Gasteiger partial charge < -0.3 is 15.7 Å². The van der Waals surface area contributed by atoms with E-state index in [4.69, 9.17) is 11.6 Å². The Morgan fingerprint density at radius 3 is 2.75 bits per heavy atom. The average molecular weight is 299 g/mol. The molecule has 20 heavy (non-hydrogen) atoms. The van der Waals surface area contributed by atoms with Gasteiger partial charge in [0.2, 0.25) is 5.91 Å². The van der Waals surface area contributed by atoms with Crippen LogP contribution in [-0.4, -0.2) is 30.2 Å². The number of aliphatic hydroxyl groups is 1. The molecule has 0 aliphatic carbocycles. The van der Waals surface area contributed by atoms with E-state index < -0.39 is 6.10 Å². The standard InChI is InChI=1S/C15H23ClN2O2/c1-10(2)6-13(19)8-17-9-15(20)18-14-7-12(16)5-4-11(14)3/h4-5,7,10,13,17,19H,6,8-9H2,1-3H3,(H,18,20). The molecule has 4 nitrogen and oxygen atoms in total. The van der Waals surface area contributed by atoms with Crippen molar-refractivity contribution in [2.75, 3.05) is 18.4 Å². The molecule has 112 valence electrons. The molecule has 0 spiro atoms. The van der Waals surface area contributed by atoms with Gasteiger partial charge in [-0.05, 0) is 37.0 Å². The maximum absolute atomic E-state index is 11.8. The SMILES string of the molecule is Cc1ccc(Cl)cc1NC(=O)CNCC(O)CC(C)C. The number of hydrogen-bond donors (Lipinski definition) is 3. The molecule has 1 amide bonds. The van der Waals surface area contributed by atoms with E-state index >= 15 is 0 Å². The smallest absolute Gasteiger partial charge is 0.238 e. The molecule has 5 heteroatoms. The Bertz CT molecular complexity index is 449. The quantitative estimate of drug-likeness (QED) is 0.725. The van der Waals surface area contributed by atoms with Crippen molar-refractivity contribution < 1.29 is 9.90 Å². The van der Waals surface area contributed by atoms with Crippen LogP contribution in [-0.2, 0) is 4.79 Å². The van der Waals surface area contributed by atoms with Crippen molar-refractivity contribution in [3.8, 4) is 0 Å². The molecule has 1 aromatic rings. The topological polar surface area (TPSA) is 61.4 Å². The molecule has 0 saturated carbocycles. The van der Waals surface area contributed by atoms with Crippen LogP contribution in [0.4, 0.5) is 5.69 Å². The van der Waals surface area contributed by atoms with E-state index in [2.05, 4.69) is 24.5 Å². The van der Waals surface area contributed by atoms with Gasteiger partial charge in [-0.3, -0.25) is 4.79 Å². The largest absolute Gasteiger partial charge is 0.392 e. The van der Waals surface area contributed by atoms with Gasteiger partial charge in [-0.15, -0.1) is 0 Å². The van der Waals surface area contributed by atoms with E-state index in [1.54, 1.807) is 12.1 Å². The number of carbonyl (C=O) groups excluding carboxylic acids is 1. The van der Waals surface area contributed by atoms with Gasteiger partial charge >= 0.3 is 0 Å². The molecule has 0 fully saturated rings. The van der Waals surface area contributed by atoms with Crippen LogP contribution in [0.15, 0.2) is 18.2 Å². The predicted octanol–water partition coefficient (Wildman–Crippen LogP) is 2.58. The van der Waals surface area contributed by atoms with Gasteiger partial charge in [0.1, 0.15) is 0 Å². The Kier molecular flexibility index (Phi) is 6.99. The third kappa shape index (κ3) is 6.37. The first-order chi connectivity index (χ1) is 9.38. The molecular formula is C15H23ClN2O2. The van der Waals surface area contributed by atoms with Gasteiger partial charge in [0.25, 0.3) is 0 Å². The maximum atomic E-state index is 11.8. The lowest BCUT2D eigenvalue weighted by atomic mass is 10.1. The fraction of sp³-hybridized carbons (Fsp3) is 0.533. The second kappa shape index (κ2) is 8.25. The third-order valence-electron chi connectivity index (χ3n) is 2.88. The Morgan fingerprint density at radius 2 is 2.10 bits per heavy atom. The van der Waals surface area contributed by atoms with Crippen molar-refractivity contribution >= 4 is 23.2 Å². The Labute approximate surface area is 125 Å². The average Bonchev–Trinajstić information content (AvgIpc) is 2.33. The summed E-state index contributed by atoms with van der Waals surface area (Å²) in [6.07, 6.45) is 0.304. The molecule has 0 saturated heterocycles. The minimum Gasteiger partial charge on any atom is -0.392 e. The Balaban J connectivity index is 2.35. The van der Waals surface area contributed by atoms with Crippen molar-refractivity contribution in [2.45, 2.75) is 33.3 Å². The molecule has 0 radical (unpaired) electrons. The monoisotopic (exact) mass is 298 g/mol. The zero-order valence-electron chi connectivity index (χ0n) is 12.2. The Hall–Kier alpha value is -1.10. The second-order valence-corrected chi connectivity index (χ2v) is 5.86. The molecule has 1 aromatic carbocycles. The van der Waals surface area contributed by atoms with Crippen molar-refractivity contribution in [3.63, 3.8) is 0 Å². The number of aliphatic hydroxyl groups excluding tert-OH is 1. The summed E-state index contributed by atoms with van der Waals surface area (Å²) >= 11 is 5.89. The van der Waals surface area contributed by atoms with Crippen LogP contribution < -0.4 is 10.6 Å². The number of benzene rings is 1. The highest BCUT2D eigenvalue weighted by Gasteiger charge is 2.09. The van der Waals surface area contributed by atoms with Gasteiger partial charge in [-0.1, -0.05) is 31.5 Å². The van der Waals surface area contributed by atoms with Crippen LogP contribution in [0, 0.1) is 12.8 Å². The van der Waals surface area contributed by atoms with Crippen molar-refractivity contribution in [2.24, 2.45) is 5.92 Å². The summed E-state index contributed by atoms with van der Waals surface area (Å²) in [7, 11) is 0. The summed E-state index contributed by atoms with van der Waals surface area (Å²) in [4.78, 5) is 11.8. The lowest BCUT2D eigenvalue weighted by Gasteiger charge is -2.14. The fourth-order valence-corrected chi connectivity index (χ4v) is 2.08. The number of nitrogens with one attached hydrogen (secondary N) is 2. The van der Waals surface area contributed by atoms with E-state index in [0.29, 0.717) is 23.2 Å². The van der Waals surface area contributed by atoms with Gasteiger partial charge in [0.05, 0.1) is 12.6 Å². The first-order valence-electron chi connectivity index (χ1n) is 6.83. The van der Waals surface area contributed by atoms with Crippen LogP contribution in [0.25, 0.3) is 0 Å². The van der Waals surface area contributed by atoms with Crippen molar-refractivity contribution in [1.82, 2.24) is 5.32 Å². The molecule has 1 unspecified atom stereocenters. The van der Waals surface area contributed by atoms with Crippen LogP contribution in [0.1, 0.15) is 25.8 Å². The number of anilines is 1. The normalized spacial score (nSPS) is 12.5. The highest BCUT2D eigenvalue weighted by molar-refractivity contribution is 6.31. The summed E-state index contributed by atoms with van der Waals surface area (Å²) in [5.74, 6) is 0.293. The first-order valence-corrected chi connectivity index (χ1v) is 7.21. The summed E-state index contributed by atoms with van der Waals surface area (Å²) in [5.41, 5.74) is 1.68. The number of rotatable bonds is 7. The van der Waals surface area contributed by atoms with Gasteiger partial charge in [0.15, 0.2) is 0 Å². The van der Waals surface area contributed by atoms with E-state index in [0.717, 1.165) is 12.0 Å². The number of amides is 1. The number of halogens is 1. The summed E-state index contributed by atoms with van der Waals surface area (Å²) in [5, 5.41) is 16.0. The summed E-state index contributed by atoms with van der Waals surface area (Å²) in [6, 6.07) is 5.37. The Morgan fingerprint density at radius 1 is 1.40 bits per heavy atom. The van der Waals surface area contributed by atoms with E-state index in [9.17, 15) is 9.90 Å². The predicted molar refractivity (Wildman–Crippen MR) is 83.2 cm³/mol. The van der Waals surface area contributed by atoms with Crippen LogP contribution in [0.5, 0.6) is 0 Å². The fourth-order valence-electron chi connectivity index (χ4n) is 1.90. The lowest BCUT2D eigenvalue weighted by Crippen LogP contribution is -2.34. The zero-order chi connectivity index (χ0) is 15.1. The zero-order valence-corrected chi connectivity index (χ0v) is 13.0. The maximum Gasteiger partial charge on any atom is 0.238 e. The highest BCUT2D eigenvalue weighted by atomic mass is 35.5. The summed E-state index contributed by atoms with van der Waals surface area (Å²) < 4.78 is 0. The van der Waals surface area contributed by atoms with E-state index in [1.807, 2.05) is 13.0 Å². The number of carbonyl (C=O) groups is 1. The minimum atomic E-state index is -0.421. The van der Waals surface area contributed by atoms with Crippen LogP contribution in [0.3, 0.4) is 0 Å². The highest BCUT2D eigenvalue weighted by Crippen LogP contribution is 2.19. The molecular weight excluding hydrogens is 276 g/mol. The second-order valence-electron chi connectivity index (χ2n) is 5.42. The van der Waals surface area contributed by atoms with E-state index in [1.165, 1.54) is 0 Å². The summed E-state index contributed by atoms with van der Waals surface area (Å²) in [6.45, 7) is 6.60. The minimum absolute atomic E-state index is 0.146. The van der Waals surface area contributed by atoms with Gasteiger partial charge in [-0.25, -0.2) is 0 Å². The van der Waals surface area contributed by atoms with Gasteiger partial charge in [0, 0.05) is 17.3 Å². The van der Waals surface area contributed by atoms with E-state index in [-0.39, 0.29) is 12.5 Å². The molecule has 0 heterocycles. The molecule has 0 aliphatic rings. The molecule has 0 bridgehead atoms. The number of hydrogen-bond acceptors (Lipinski definition) is 3. The van der Waals surface area contributed by atoms with Crippen LogP contribution >= 0.6 is 11.6 Å². The number of aryl methyl sites for hydroxylation is 1. The molecule has 3 N–H and O–H groups in total. The van der Waals surface area contributed by atoms with Gasteiger partial charge in [-0.2, -0.15) is 0 Å². The molecule has 1 atom stereocenters. The molecule has 1 rings (SSSR count).